The van der Waals surface area contributed by atoms with Gasteiger partial charge >= 0.3 is 0 Å². The molecule has 3 N–H and O–H groups in total. The number of benzene rings is 1. The molecule has 0 fully saturated rings. The molecular formula is C15H10FN3O3. The van der Waals surface area contributed by atoms with E-state index in [-0.39, 0.29) is 22.2 Å². The van der Waals surface area contributed by atoms with Crippen molar-refractivity contribution in [3.05, 3.63) is 74.7 Å². The average Bonchev–Trinajstić information content (AvgIpc) is 2.48. The second kappa shape index (κ2) is 5.28. The van der Waals surface area contributed by atoms with Gasteiger partial charge in [0.1, 0.15) is 11.5 Å². The molecule has 0 unspecified atom stereocenters. The Balaban J connectivity index is 2.10. The van der Waals surface area contributed by atoms with Gasteiger partial charge in [-0.05, 0) is 18.2 Å². The lowest BCUT2D eigenvalue weighted by Gasteiger charge is -2.07. The third-order valence-corrected chi connectivity index (χ3v) is 3.12. The number of carbonyl (C=O) groups excluding carboxylic acids is 1. The lowest BCUT2D eigenvalue weighted by Crippen LogP contribution is -2.20. The van der Waals surface area contributed by atoms with Gasteiger partial charge < -0.3 is 15.3 Å². The van der Waals surface area contributed by atoms with Gasteiger partial charge in [-0.1, -0.05) is 0 Å². The van der Waals surface area contributed by atoms with E-state index in [4.69, 9.17) is 0 Å². The number of aromatic nitrogens is 2. The van der Waals surface area contributed by atoms with E-state index < -0.39 is 17.3 Å². The molecule has 0 atom stereocenters. The monoisotopic (exact) mass is 299 g/mol. The summed E-state index contributed by atoms with van der Waals surface area (Å²) in [6, 6.07) is 6.08. The molecule has 0 aliphatic heterocycles. The van der Waals surface area contributed by atoms with Crippen LogP contribution < -0.4 is 16.3 Å². The zero-order valence-electron chi connectivity index (χ0n) is 11.1. The van der Waals surface area contributed by atoms with Crippen molar-refractivity contribution in [1.29, 1.82) is 0 Å². The first-order valence-electron chi connectivity index (χ1n) is 6.35. The molecule has 3 aromatic rings. The van der Waals surface area contributed by atoms with Crippen LogP contribution in [0.4, 0.5) is 10.1 Å². The quantitative estimate of drug-likeness (QED) is 0.671. The molecule has 2 aromatic heterocycles. The van der Waals surface area contributed by atoms with Gasteiger partial charge in [0.15, 0.2) is 0 Å². The number of rotatable bonds is 2. The largest absolute Gasteiger partial charge is 0.366 e. The number of H-pyrrole nitrogens is 2. The van der Waals surface area contributed by atoms with Gasteiger partial charge in [0.25, 0.3) is 5.91 Å². The molecule has 0 aliphatic carbocycles. The maximum absolute atomic E-state index is 13.2. The topological polar surface area (TPSA) is 94.8 Å². The second-order valence-corrected chi connectivity index (χ2v) is 4.61. The summed E-state index contributed by atoms with van der Waals surface area (Å²) in [7, 11) is 0. The van der Waals surface area contributed by atoms with Crippen LogP contribution in [0.2, 0.25) is 0 Å². The Hall–Kier alpha value is -3.22. The summed E-state index contributed by atoms with van der Waals surface area (Å²) in [4.78, 5) is 40.7. The minimum absolute atomic E-state index is 0.0574. The van der Waals surface area contributed by atoms with Crippen molar-refractivity contribution in [2.45, 2.75) is 0 Å². The van der Waals surface area contributed by atoms with Crippen molar-refractivity contribution in [3.8, 4) is 0 Å². The molecule has 2 heterocycles. The first-order chi connectivity index (χ1) is 10.5. The number of pyridine rings is 2. The molecule has 1 aromatic carbocycles. The first-order valence-corrected chi connectivity index (χ1v) is 6.35. The van der Waals surface area contributed by atoms with Crippen LogP contribution in [-0.2, 0) is 0 Å². The molecule has 22 heavy (non-hydrogen) atoms. The number of carbonyl (C=O) groups is 1. The van der Waals surface area contributed by atoms with Crippen LogP contribution in [0.15, 0.2) is 52.3 Å². The summed E-state index contributed by atoms with van der Waals surface area (Å²) in [6.45, 7) is 0. The minimum Gasteiger partial charge on any atom is -0.366 e. The van der Waals surface area contributed by atoms with Gasteiger partial charge in [-0.25, -0.2) is 4.39 Å². The van der Waals surface area contributed by atoms with Gasteiger partial charge in [-0.2, -0.15) is 0 Å². The maximum atomic E-state index is 13.2. The summed E-state index contributed by atoms with van der Waals surface area (Å²) >= 11 is 0. The lowest BCUT2D eigenvalue weighted by molar-refractivity contribution is 0.102. The minimum atomic E-state index is -0.626. The maximum Gasteiger partial charge on any atom is 0.256 e. The average molecular weight is 299 g/mol. The highest BCUT2D eigenvalue weighted by atomic mass is 19.1. The fourth-order valence-corrected chi connectivity index (χ4v) is 2.12. The van der Waals surface area contributed by atoms with Crippen LogP contribution in [0, 0.1) is 5.82 Å². The molecule has 0 bridgehead atoms. The van der Waals surface area contributed by atoms with Crippen LogP contribution in [0.1, 0.15) is 10.4 Å². The zero-order valence-corrected chi connectivity index (χ0v) is 11.1. The summed E-state index contributed by atoms with van der Waals surface area (Å²) < 4.78 is 13.2. The molecule has 3 rings (SSSR count). The van der Waals surface area contributed by atoms with Crippen LogP contribution in [0.3, 0.4) is 0 Å². The highest BCUT2D eigenvalue weighted by molar-refractivity contribution is 6.12. The van der Waals surface area contributed by atoms with E-state index in [0.717, 1.165) is 12.1 Å². The summed E-state index contributed by atoms with van der Waals surface area (Å²) in [6.07, 6.45) is 2.78. The standard InChI is InChI=1S/C15H10FN3O3/c16-8-1-2-9-10(6-14(21)18-11(9)5-8)15(22)19-12-7-17-4-3-13(12)20/h1-7H,(H,17,20)(H,18,21)(H,19,22). The van der Waals surface area contributed by atoms with Crippen LogP contribution in [0.25, 0.3) is 10.9 Å². The summed E-state index contributed by atoms with van der Waals surface area (Å²) in [5, 5.41) is 2.81. The normalized spacial score (nSPS) is 10.6. The van der Waals surface area contributed by atoms with Crippen molar-refractivity contribution >= 4 is 22.5 Å². The molecule has 0 radical (unpaired) electrons. The smallest absolute Gasteiger partial charge is 0.256 e. The molecule has 7 heteroatoms. The van der Waals surface area contributed by atoms with E-state index in [0.29, 0.717) is 5.39 Å². The third-order valence-electron chi connectivity index (χ3n) is 3.12. The Kier molecular flexibility index (Phi) is 3.30. The molecular weight excluding hydrogens is 289 g/mol. The van der Waals surface area contributed by atoms with Gasteiger partial charge in [0.2, 0.25) is 11.0 Å². The van der Waals surface area contributed by atoms with Crippen molar-refractivity contribution < 1.29 is 9.18 Å². The Morgan fingerprint density at radius 1 is 1.14 bits per heavy atom. The van der Waals surface area contributed by atoms with E-state index in [9.17, 15) is 18.8 Å². The number of hydrogen-bond donors (Lipinski definition) is 3. The number of halogens is 1. The SMILES string of the molecule is O=C(Nc1c[nH]ccc1=O)c1cc(=O)[nH]c2cc(F)ccc12. The highest BCUT2D eigenvalue weighted by Gasteiger charge is 2.13. The Morgan fingerprint density at radius 3 is 2.73 bits per heavy atom. The number of hydrogen-bond acceptors (Lipinski definition) is 3. The molecule has 0 aliphatic rings. The predicted molar refractivity (Wildman–Crippen MR) is 79.5 cm³/mol. The van der Waals surface area contributed by atoms with E-state index >= 15 is 0 Å². The van der Waals surface area contributed by atoms with Crippen LogP contribution in [-0.4, -0.2) is 15.9 Å². The fraction of sp³-hybridized carbons (Fsp3) is 0. The van der Waals surface area contributed by atoms with Gasteiger partial charge in [0.05, 0.1) is 11.1 Å². The molecule has 110 valence electrons. The number of nitrogens with one attached hydrogen (secondary N) is 3. The van der Waals surface area contributed by atoms with Crippen molar-refractivity contribution in [2.75, 3.05) is 5.32 Å². The van der Waals surface area contributed by atoms with E-state index in [2.05, 4.69) is 15.3 Å². The fourth-order valence-electron chi connectivity index (χ4n) is 2.12. The molecule has 1 amide bonds. The van der Waals surface area contributed by atoms with Gasteiger partial charge in [-0.15, -0.1) is 0 Å². The summed E-state index contributed by atoms with van der Waals surface area (Å²) in [5.74, 6) is -1.15. The van der Waals surface area contributed by atoms with Crippen molar-refractivity contribution in [1.82, 2.24) is 9.97 Å². The van der Waals surface area contributed by atoms with E-state index in [1.165, 1.54) is 30.6 Å². The molecule has 0 saturated heterocycles. The van der Waals surface area contributed by atoms with Gasteiger partial charge in [0, 0.05) is 29.9 Å². The number of aromatic amines is 2. The Labute approximate surface area is 122 Å². The lowest BCUT2D eigenvalue weighted by atomic mass is 10.1. The van der Waals surface area contributed by atoms with Crippen LogP contribution in [0.5, 0.6) is 0 Å². The van der Waals surface area contributed by atoms with E-state index in [1.54, 1.807) is 0 Å². The Bertz CT molecular complexity index is 991. The molecule has 0 saturated carbocycles. The zero-order chi connectivity index (χ0) is 15.7. The molecule has 6 nitrogen and oxygen atoms in total. The number of fused-ring (bicyclic) bond motifs is 1. The number of anilines is 1. The first kappa shape index (κ1) is 13.7. The van der Waals surface area contributed by atoms with Crippen molar-refractivity contribution in [2.24, 2.45) is 0 Å². The van der Waals surface area contributed by atoms with Gasteiger partial charge in [-0.3, -0.25) is 14.4 Å². The molecule has 0 spiro atoms. The predicted octanol–water partition coefficient (Wildman–Crippen LogP) is 1.61. The van der Waals surface area contributed by atoms with Crippen molar-refractivity contribution in [3.63, 3.8) is 0 Å². The Morgan fingerprint density at radius 2 is 1.95 bits per heavy atom. The highest BCUT2D eigenvalue weighted by Crippen LogP contribution is 2.17. The summed E-state index contributed by atoms with van der Waals surface area (Å²) in [5.41, 5.74) is -0.581. The second-order valence-electron chi connectivity index (χ2n) is 4.61. The van der Waals surface area contributed by atoms with E-state index in [1.807, 2.05) is 0 Å². The number of amides is 1. The van der Waals surface area contributed by atoms with Crippen LogP contribution >= 0.6 is 0 Å². The third kappa shape index (κ3) is 2.51.